The van der Waals surface area contributed by atoms with Gasteiger partial charge in [0.05, 0.1) is 0 Å². The lowest BCUT2D eigenvalue weighted by Crippen LogP contribution is -2.04. The minimum atomic E-state index is 0.545. The molecule has 1 N–H and O–H groups in total. The van der Waals surface area contributed by atoms with E-state index in [-0.39, 0.29) is 0 Å². The molecule has 3 aromatic carbocycles. The van der Waals surface area contributed by atoms with Crippen LogP contribution in [0.5, 0.6) is 17.2 Å². The largest absolute Gasteiger partial charge is 0.489 e. The Morgan fingerprint density at radius 2 is 1.46 bits per heavy atom. The zero-order valence-electron chi connectivity index (χ0n) is 13.7. The van der Waals surface area contributed by atoms with Gasteiger partial charge in [0.15, 0.2) is 0 Å². The lowest BCUT2D eigenvalue weighted by molar-refractivity contribution is 0.304. The van der Waals surface area contributed by atoms with Crippen molar-refractivity contribution in [1.29, 1.82) is 0 Å². The fraction of sp³-hybridized carbons (Fsp3) is 0.143. The Morgan fingerprint density at radius 3 is 2.21 bits per heavy atom. The smallest absolute Gasteiger partial charge is 0.131 e. The Hall–Kier alpha value is -2.78. The van der Waals surface area contributed by atoms with Crippen LogP contribution in [0.15, 0.2) is 78.9 Å². The molecule has 0 unspecified atom stereocenters. The van der Waals surface area contributed by atoms with Gasteiger partial charge in [-0.2, -0.15) is 0 Å². The Morgan fingerprint density at radius 1 is 0.708 bits per heavy atom. The van der Waals surface area contributed by atoms with E-state index in [1.54, 1.807) is 0 Å². The van der Waals surface area contributed by atoms with Crippen molar-refractivity contribution in [2.75, 3.05) is 7.05 Å². The summed E-state index contributed by atoms with van der Waals surface area (Å²) in [7, 11) is 1.94. The zero-order chi connectivity index (χ0) is 16.6. The van der Waals surface area contributed by atoms with Gasteiger partial charge < -0.3 is 14.8 Å². The van der Waals surface area contributed by atoms with E-state index in [2.05, 4.69) is 17.4 Å². The van der Waals surface area contributed by atoms with Gasteiger partial charge in [0.2, 0.25) is 0 Å². The maximum atomic E-state index is 5.90. The number of benzene rings is 3. The van der Waals surface area contributed by atoms with E-state index in [1.165, 1.54) is 5.56 Å². The summed E-state index contributed by atoms with van der Waals surface area (Å²) in [6.07, 6.45) is 0. The number of rotatable bonds is 7. The lowest BCUT2D eigenvalue weighted by atomic mass is 10.2. The van der Waals surface area contributed by atoms with Crippen molar-refractivity contribution in [3.05, 3.63) is 90.0 Å². The number of hydrogen-bond donors (Lipinski definition) is 1. The minimum Gasteiger partial charge on any atom is -0.489 e. The Labute approximate surface area is 142 Å². The first-order valence-corrected chi connectivity index (χ1v) is 8.02. The molecule has 0 amide bonds. The highest BCUT2D eigenvalue weighted by Crippen LogP contribution is 2.26. The third kappa shape index (κ3) is 4.61. The average molecular weight is 319 g/mol. The summed E-state index contributed by atoms with van der Waals surface area (Å²) >= 11 is 0. The number of ether oxygens (including phenoxy) is 2. The standard InChI is InChI=1S/C21H21NO2/c1-22-15-17-10-12-19(13-11-17)24-21-9-5-8-20(14-21)23-16-18-6-3-2-4-7-18/h2-14,22H,15-16H2,1H3. The van der Waals surface area contributed by atoms with Crippen LogP contribution in [0.3, 0.4) is 0 Å². The van der Waals surface area contributed by atoms with Crippen LogP contribution in [-0.2, 0) is 13.2 Å². The minimum absolute atomic E-state index is 0.545. The Bertz CT molecular complexity index is 754. The summed E-state index contributed by atoms with van der Waals surface area (Å²) in [6, 6.07) is 25.9. The van der Waals surface area contributed by atoms with Gasteiger partial charge in [0.1, 0.15) is 23.9 Å². The van der Waals surface area contributed by atoms with Gasteiger partial charge in [0.25, 0.3) is 0 Å². The molecule has 3 heteroatoms. The van der Waals surface area contributed by atoms with E-state index < -0.39 is 0 Å². The summed E-state index contributed by atoms with van der Waals surface area (Å²) in [5.74, 6) is 2.38. The molecule has 0 saturated carbocycles. The molecule has 122 valence electrons. The molecule has 0 radical (unpaired) electrons. The van der Waals surface area contributed by atoms with Gasteiger partial charge in [-0.25, -0.2) is 0 Å². The molecule has 0 heterocycles. The third-order valence-electron chi connectivity index (χ3n) is 3.59. The second kappa shape index (κ2) is 8.18. The molecule has 0 aliphatic rings. The van der Waals surface area contributed by atoms with Gasteiger partial charge >= 0.3 is 0 Å². The maximum Gasteiger partial charge on any atom is 0.131 e. The molecule has 0 aromatic heterocycles. The molecule has 0 saturated heterocycles. The van der Waals surface area contributed by atoms with Crippen LogP contribution in [0.1, 0.15) is 11.1 Å². The first kappa shape index (κ1) is 16.1. The van der Waals surface area contributed by atoms with Gasteiger partial charge in [-0.05, 0) is 42.4 Å². The van der Waals surface area contributed by atoms with Crippen LogP contribution in [0.2, 0.25) is 0 Å². The quantitative estimate of drug-likeness (QED) is 0.680. The van der Waals surface area contributed by atoms with E-state index in [1.807, 2.05) is 73.8 Å². The summed E-state index contributed by atoms with van der Waals surface area (Å²) in [5, 5.41) is 3.13. The summed E-state index contributed by atoms with van der Waals surface area (Å²) in [5.41, 5.74) is 2.37. The molecular weight excluding hydrogens is 298 g/mol. The van der Waals surface area contributed by atoms with Crippen LogP contribution in [-0.4, -0.2) is 7.05 Å². The van der Waals surface area contributed by atoms with Crippen LogP contribution in [0.4, 0.5) is 0 Å². The predicted molar refractivity (Wildman–Crippen MR) is 96.5 cm³/mol. The van der Waals surface area contributed by atoms with E-state index in [9.17, 15) is 0 Å². The molecular formula is C21H21NO2. The highest BCUT2D eigenvalue weighted by Gasteiger charge is 2.01. The number of nitrogens with one attached hydrogen (secondary N) is 1. The summed E-state index contributed by atoms with van der Waals surface area (Å²) in [6.45, 7) is 1.39. The van der Waals surface area contributed by atoms with Gasteiger partial charge in [-0.1, -0.05) is 48.5 Å². The highest BCUT2D eigenvalue weighted by atomic mass is 16.5. The SMILES string of the molecule is CNCc1ccc(Oc2cccc(OCc3ccccc3)c2)cc1. The van der Waals surface area contributed by atoms with Gasteiger partial charge in [-0.15, -0.1) is 0 Å². The molecule has 0 spiro atoms. The van der Waals surface area contributed by atoms with Crippen molar-refractivity contribution in [3.63, 3.8) is 0 Å². The zero-order valence-corrected chi connectivity index (χ0v) is 13.7. The van der Waals surface area contributed by atoms with E-state index in [0.717, 1.165) is 29.4 Å². The van der Waals surface area contributed by atoms with Crippen molar-refractivity contribution in [3.8, 4) is 17.2 Å². The van der Waals surface area contributed by atoms with Crippen LogP contribution in [0, 0.1) is 0 Å². The van der Waals surface area contributed by atoms with Crippen molar-refractivity contribution in [1.82, 2.24) is 5.32 Å². The molecule has 0 aliphatic heterocycles. The first-order chi connectivity index (χ1) is 11.8. The first-order valence-electron chi connectivity index (χ1n) is 8.02. The van der Waals surface area contributed by atoms with Crippen LogP contribution >= 0.6 is 0 Å². The summed E-state index contributed by atoms with van der Waals surface area (Å²) in [4.78, 5) is 0. The van der Waals surface area contributed by atoms with Gasteiger partial charge in [-0.3, -0.25) is 0 Å². The Kier molecular flexibility index (Phi) is 5.48. The molecule has 0 fully saturated rings. The molecule has 24 heavy (non-hydrogen) atoms. The van der Waals surface area contributed by atoms with Gasteiger partial charge in [0, 0.05) is 12.6 Å². The topological polar surface area (TPSA) is 30.5 Å². The molecule has 0 atom stereocenters. The average Bonchev–Trinajstić information content (AvgIpc) is 2.63. The van der Waals surface area contributed by atoms with Crippen molar-refractivity contribution >= 4 is 0 Å². The van der Waals surface area contributed by atoms with E-state index >= 15 is 0 Å². The third-order valence-corrected chi connectivity index (χ3v) is 3.59. The molecule has 0 bridgehead atoms. The highest BCUT2D eigenvalue weighted by molar-refractivity contribution is 5.37. The van der Waals surface area contributed by atoms with Crippen LogP contribution < -0.4 is 14.8 Å². The second-order valence-corrected chi connectivity index (χ2v) is 5.53. The lowest BCUT2D eigenvalue weighted by Gasteiger charge is -2.10. The van der Waals surface area contributed by atoms with E-state index in [4.69, 9.17) is 9.47 Å². The second-order valence-electron chi connectivity index (χ2n) is 5.53. The normalized spacial score (nSPS) is 10.4. The fourth-order valence-electron chi connectivity index (χ4n) is 2.38. The molecule has 3 nitrogen and oxygen atoms in total. The van der Waals surface area contributed by atoms with Crippen molar-refractivity contribution in [2.24, 2.45) is 0 Å². The van der Waals surface area contributed by atoms with Crippen LogP contribution in [0.25, 0.3) is 0 Å². The molecule has 3 aromatic rings. The van der Waals surface area contributed by atoms with E-state index in [0.29, 0.717) is 6.61 Å². The molecule has 0 aliphatic carbocycles. The number of hydrogen-bond acceptors (Lipinski definition) is 3. The monoisotopic (exact) mass is 319 g/mol. The molecule has 3 rings (SSSR count). The van der Waals surface area contributed by atoms with Crippen molar-refractivity contribution < 1.29 is 9.47 Å². The fourth-order valence-corrected chi connectivity index (χ4v) is 2.38. The summed E-state index contributed by atoms with van der Waals surface area (Å²) < 4.78 is 11.7. The Balaban J connectivity index is 1.62. The maximum absolute atomic E-state index is 5.90. The predicted octanol–water partition coefficient (Wildman–Crippen LogP) is 4.78. The van der Waals surface area contributed by atoms with Crippen molar-refractivity contribution in [2.45, 2.75) is 13.2 Å².